The lowest BCUT2D eigenvalue weighted by molar-refractivity contribution is 0.583. The van der Waals surface area contributed by atoms with Crippen molar-refractivity contribution in [2.24, 2.45) is 7.05 Å². The molecule has 9 heteroatoms. The van der Waals surface area contributed by atoms with Gasteiger partial charge in [0, 0.05) is 37.1 Å². The molecular weight excluding hydrogens is 422 g/mol. The molecule has 0 fully saturated rings. The van der Waals surface area contributed by atoms with E-state index < -0.39 is 21.7 Å². The summed E-state index contributed by atoms with van der Waals surface area (Å²) in [6, 6.07) is 11.1. The Bertz CT molecular complexity index is 1360. The Hall–Kier alpha value is -3.30. The molecular formula is C22H20F2N4O2S. The third-order valence-electron chi connectivity index (χ3n) is 4.84. The van der Waals surface area contributed by atoms with E-state index in [9.17, 15) is 17.2 Å². The summed E-state index contributed by atoms with van der Waals surface area (Å²) in [5.41, 5.74) is 1.90. The van der Waals surface area contributed by atoms with E-state index in [1.807, 2.05) is 0 Å². The Labute approximate surface area is 178 Å². The van der Waals surface area contributed by atoms with Crippen LogP contribution in [0, 0.1) is 11.6 Å². The van der Waals surface area contributed by atoms with Crippen molar-refractivity contribution in [1.82, 2.24) is 19.1 Å². The summed E-state index contributed by atoms with van der Waals surface area (Å²) >= 11 is 0. The predicted octanol–water partition coefficient (Wildman–Crippen LogP) is 3.79. The van der Waals surface area contributed by atoms with Gasteiger partial charge in [0.05, 0.1) is 16.8 Å². The molecule has 0 aliphatic rings. The fourth-order valence-corrected chi connectivity index (χ4v) is 4.87. The normalized spacial score (nSPS) is 11.7. The Kier molecular flexibility index (Phi) is 5.47. The Balaban J connectivity index is 1.90. The van der Waals surface area contributed by atoms with Gasteiger partial charge in [0.15, 0.2) is 0 Å². The van der Waals surface area contributed by atoms with Crippen LogP contribution in [0.25, 0.3) is 22.4 Å². The number of nitrogens with zero attached hydrogens (tertiary/aromatic N) is 3. The van der Waals surface area contributed by atoms with Crippen molar-refractivity contribution in [3.63, 3.8) is 0 Å². The number of aromatic nitrogens is 3. The summed E-state index contributed by atoms with van der Waals surface area (Å²) in [6.07, 6.45) is 4.61. The molecule has 160 valence electrons. The highest BCUT2D eigenvalue weighted by Crippen LogP contribution is 2.31. The second kappa shape index (κ2) is 8.09. The lowest BCUT2D eigenvalue weighted by Crippen LogP contribution is -2.14. The van der Waals surface area contributed by atoms with Gasteiger partial charge < -0.3 is 5.32 Å². The Morgan fingerprint density at radius 1 is 1.03 bits per heavy atom. The maximum absolute atomic E-state index is 14.5. The van der Waals surface area contributed by atoms with Gasteiger partial charge in [0.2, 0.25) is 0 Å². The van der Waals surface area contributed by atoms with Crippen LogP contribution >= 0.6 is 0 Å². The molecule has 4 rings (SSSR count). The van der Waals surface area contributed by atoms with Gasteiger partial charge in [-0.3, -0.25) is 4.68 Å². The third kappa shape index (κ3) is 4.01. The predicted molar refractivity (Wildman–Crippen MR) is 114 cm³/mol. The first kappa shape index (κ1) is 21.0. The average Bonchev–Trinajstić information content (AvgIpc) is 3.35. The van der Waals surface area contributed by atoms with E-state index in [1.165, 1.54) is 42.7 Å². The first-order chi connectivity index (χ1) is 14.8. The number of rotatable bonds is 6. The van der Waals surface area contributed by atoms with Crippen molar-refractivity contribution >= 4 is 10.0 Å². The summed E-state index contributed by atoms with van der Waals surface area (Å²) in [5, 5.41) is 7.00. The van der Waals surface area contributed by atoms with Crippen molar-refractivity contribution in [2.75, 3.05) is 7.05 Å². The molecule has 2 heterocycles. The van der Waals surface area contributed by atoms with Gasteiger partial charge in [-0.2, -0.15) is 5.10 Å². The number of benzene rings is 2. The van der Waals surface area contributed by atoms with Crippen molar-refractivity contribution in [3.05, 3.63) is 84.3 Å². The summed E-state index contributed by atoms with van der Waals surface area (Å²) in [7, 11) is -0.787. The minimum atomic E-state index is -4.22. The first-order valence-electron chi connectivity index (χ1n) is 9.45. The molecule has 0 unspecified atom stereocenters. The third-order valence-corrected chi connectivity index (χ3v) is 6.49. The largest absolute Gasteiger partial charge is 0.316 e. The first-order valence-corrected chi connectivity index (χ1v) is 10.9. The molecule has 1 N–H and O–H groups in total. The second-order valence-electron chi connectivity index (χ2n) is 7.12. The molecule has 0 radical (unpaired) electrons. The molecule has 0 atom stereocenters. The zero-order valence-corrected chi connectivity index (χ0v) is 17.7. The SMILES string of the molecule is CNCc1cc(-c2ccccc2F)n(S(=O)(=O)c2cc(F)cc(-c3cnn(C)c3)c2)c1. The molecule has 2 aromatic carbocycles. The minimum Gasteiger partial charge on any atom is -0.316 e. The molecule has 0 bridgehead atoms. The molecule has 6 nitrogen and oxygen atoms in total. The van der Waals surface area contributed by atoms with Crippen molar-refractivity contribution < 1.29 is 17.2 Å². The highest BCUT2D eigenvalue weighted by Gasteiger charge is 2.24. The highest BCUT2D eigenvalue weighted by atomic mass is 32.2. The number of aryl methyl sites for hydroxylation is 1. The maximum Gasteiger partial charge on any atom is 0.268 e. The van der Waals surface area contributed by atoms with Gasteiger partial charge in [0.25, 0.3) is 10.0 Å². The Morgan fingerprint density at radius 2 is 1.81 bits per heavy atom. The Morgan fingerprint density at radius 3 is 2.48 bits per heavy atom. The van der Waals surface area contributed by atoms with Crippen LogP contribution in [0.1, 0.15) is 5.56 Å². The number of nitrogens with one attached hydrogen (secondary N) is 1. The minimum absolute atomic E-state index is 0.136. The average molecular weight is 442 g/mol. The van der Waals surface area contributed by atoms with Gasteiger partial charge in [-0.1, -0.05) is 12.1 Å². The molecule has 0 amide bonds. The summed E-state index contributed by atoms with van der Waals surface area (Å²) in [4.78, 5) is -0.240. The fraction of sp³-hybridized carbons (Fsp3) is 0.136. The van der Waals surface area contributed by atoms with E-state index in [-0.39, 0.29) is 16.2 Å². The zero-order valence-electron chi connectivity index (χ0n) is 16.9. The van der Waals surface area contributed by atoms with Gasteiger partial charge in [0.1, 0.15) is 11.6 Å². The van der Waals surface area contributed by atoms with E-state index in [0.717, 1.165) is 10.0 Å². The highest BCUT2D eigenvalue weighted by molar-refractivity contribution is 7.90. The molecule has 0 saturated heterocycles. The van der Waals surface area contributed by atoms with E-state index in [0.29, 0.717) is 23.2 Å². The summed E-state index contributed by atoms with van der Waals surface area (Å²) < 4.78 is 58.5. The number of hydrogen-bond donors (Lipinski definition) is 1. The van der Waals surface area contributed by atoms with E-state index in [1.54, 1.807) is 37.1 Å². The van der Waals surface area contributed by atoms with Gasteiger partial charge >= 0.3 is 0 Å². The van der Waals surface area contributed by atoms with Gasteiger partial charge in [-0.05, 0) is 54.6 Å². The molecule has 0 saturated carbocycles. The monoisotopic (exact) mass is 442 g/mol. The van der Waals surface area contributed by atoms with Crippen LogP contribution in [0.4, 0.5) is 8.78 Å². The maximum atomic E-state index is 14.5. The second-order valence-corrected chi connectivity index (χ2v) is 8.94. The number of halogens is 2. The smallest absolute Gasteiger partial charge is 0.268 e. The van der Waals surface area contributed by atoms with Gasteiger partial charge in [-0.15, -0.1) is 0 Å². The lowest BCUT2D eigenvalue weighted by atomic mass is 10.1. The van der Waals surface area contributed by atoms with Crippen LogP contribution in [-0.4, -0.2) is 29.2 Å². The van der Waals surface area contributed by atoms with Crippen LogP contribution in [0.5, 0.6) is 0 Å². The molecule has 0 aliphatic carbocycles. The summed E-state index contributed by atoms with van der Waals surface area (Å²) in [6.45, 7) is 0.383. The molecule has 0 aliphatic heterocycles. The van der Waals surface area contributed by atoms with Crippen LogP contribution in [0.15, 0.2) is 72.0 Å². The van der Waals surface area contributed by atoms with Crippen LogP contribution in [-0.2, 0) is 23.6 Å². The van der Waals surface area contributed by atoms with E-state index >= 15 is 0 Å². The molecule has 4 aromatic rings. The lowest BCUT2D eigenvalue weighted by Gasteiger charge is -2.12. The fourth-order valence-electron chi connectivity index (χ4n) is 3.42. The zero-order chi connectivity index (χ0) is 22.2. The van der Waals surface area contributed by atoms with Gasteiger partial charge in [-0.25, -0.2) is 21.2 Å². The van der Waals surface area contributed by atoms with Crippen molar-refractivity contribution in [2.45, 2.75) is 11.4 Å². The standard InChI is InChI=1S/C22H20F2N4O2S/c1-25-11-15-7-22(20-5-3-4-6-21(20)24)28(13-15)31(29,30)19-9-16(8-18(23)10-19)17-12-26-27(2)14-17/h3-10,12-14,25H,11H2,1-2H3. The number of hydrogen-bond acceptors (Lipinski definition) is 4. The molecule has 2 aromatic heterocycles. The van der Waals surface area contributed by atoms with E-state index in [2.05, 4.69) is 10.4 Å². The van der Waals surface area contributed by atoms with Crippen molar-refractivity contribution in [3.8, 4) is 22.4 Å². The quantitative estimate of drug-likeness (QED) is 0.493. The molecule has 31 heavy (non-hydrogen) atoms. The summed E-state index contributed by atoms with van der Waals surface area (Å²) in [5.74, 6) is -1.25. The topological polar surface area (TPSA) is 68.9 Å². The van der Waals surface area contributed by atoms with Crippen LogP contribution in [0.2, 0.25) is 0 Å². The van der Waals surface area contributed by atoms with E-state index in [4.69, 9.17) is 0 Å². The van der Waals surface area contributed by atoms with Crippen LogP contribution < -0.4 is 5.32 Å². The van der Waals surface area contributed by atoms with Crippen LogP contribution in [0.3, 0.4) is 0 Å². The molecule has 0 spiro atoms. The van der Waals surface area contributed by atoms with Crippen molar-refractivity contribution in [1.29, 1.82) is 0 Å².